The highest BCUT2D eigenvalue weighted by molar-refractivity contribution is 5.35. The normalized spacial score (nSPS) is 15.7. The molecule has 2 aromatic heterocycles. The van der Waals surface area contributed by atoms with Gasteiger partial charge in [-0.1, -0.05) is 20.8 Å². The maximum atomic E-state index is 5.93. The minimum atomic E-state index is -0.123. The van der Waals surface area contributed by atoms with Crippen LogP contribution in [0.2, 0.25) is 0 Å². The molecule has 1 atom stereocenters. The SMILES string of the molecule is Cc1ccc(C(C)(c2ccn(C)c2)C(C)(C)C)o1. The van der Waals surface area contributed by atoms with Crippen LogP contribution in [0.5, 0.6) is 0 Å². The lowest BCUT2D eigenvalue weighted by atomic mass is 9.63. The molecule has 2 heterocycles. The van der Waals surface area contributed by atoms with Crippen LogP contribution in [0.3, 0.4) is 0 Å². The molecular formula is C16H23NO. The summed E-state index contributed by atoms with van der Waals surface area (Å²) in [5, 5.41) is 0. The summed E-state index contributed by atoms with van der Waals surface area (Å²) < 4.78 is 8.02. The van der Waals surface area contributed by atoms with E-state index in [1.54, 1.807) is 0 Å². The van der Waals surface area contributed by atoms with E-state index in [1.807, 2.05) is 13.0 Å². The summed E-state index contributed by atoms with van der Waals surface area (Å²) in [5.41, 5.74) is 1.26. The molecule has 0 fully saturated rings. The van der Waals surface area contributed by atoms with Crippen molar-refractivity contribution < 1.29 is 4.42 Å². The lowest BCUT2D eigenvalue weighted by Gasteiger charge is -2.40. The van der Waals surface area contributed by atoms with Crippen LogP contribution in [-0.2, 0) is 12.5 Å². The molecule has 18 heavy (non-hydrogen) atoms. The third kappa shape index (κ3) is 1.90. The largest absolute Gasteiger partial charge is 0.465 e. The third-order valence-corrected chi connectivity index (χ3v) is 4.14. The minimum Gasteiger partial charge on any atom is -0.465 e. The van der Waals surface area contributed by atoms with E-state index >= 15 is 0 Å². The molecule has 0 radical (unpaired) electrons. The Kier molecular flexibility index (Phi) is 2.92. The number of nitrogens with zero attached hydrogens (tertiary/aromatic N) is 1. The van der Waals surface area contributed by atoms with E-state index in [0.29, 0.717) is 0 Å². The summed E-state index contributed by atoms with van der Waals surface area (Å²) in [5.74, 6) is 2.01. The summed E-state index contributed by atoms with van der Waals surface area (Å²) in [6.45, 7) is 11.0. The van der Waals surface area contributed by atoms with E-state index in [0.717, 1.165) is 11.5 Å². The van der Waals surface area contributed by atoms with Crippen LogP contribution >= 0.6 is 0 Å². The van der Waals surface area contributed by atoms with Gasteiger partial charge in [0.2, 0.25) is 0 Å². The first-order valence-corrected chi connectivity index (χ1v) is 6.44. The van der Waals surface area contributed by atoms with Crippen molar-refractivity contribution in [3.63, 3.8) is 0 Å². The highest BCUT2D eigenvalue weighted by Gasteiger charge is 2.43. The zero-order valence-electron chi connectivity index (χ0n) is 12.2. The maximum absolute atomic E-state index is 5.93. The molecule has 0 spiro atoms. The number of aromatic nitrogens is 1. The maximum Gasteiger partial charge on any atom is 0.115 e. The first-order chi connectivity index (χ1) is 8.25. The second kappa shape index (κ2) is 4.04. The molecule has 0 saturated heterocycles. The highest BCUT2D eigenvalue weighted by Crippen LogP contribution is 2.47. The Morgan fingerprint density at radius 1 is 1.06 bits per heavy atom. The van der Waals surface area contributed by atoms with Gasteiger partial charge in [0.1, 0.15) is 11.5 Å². The molecule has 0 bridgehead atoms. The van der Waals surface area contributed by atoms with Gasteiger partial charge in [-0.25, -0.2) is 0 Å². The van der Waals surface area contributed by atoms with Crippen LogP contribution in [0.25, 0.3) is 0 Å². The summed E-state index contributed by atoms with van der Waals surface area (Å²) in [6, 6.07) is 6.33. The van der Waals surface area contributed by atoms with Crippen molar-refractivity contribution in [2.45, 2.75) is 40.0 Å². The van der Waals surface area contributed by atoms with E-state index in [-0.39, 0.29) is 10.8 Å². The van der Waals surface area contributed by atoms with Crippen LogP contribution in [-0.4, -0.2) is 4.57 Å². The molecule has 2 heteroatoms. The quantitative estimate of drug-likeness (QED) is 0.772. The Morgan fingerprint density at radius 2 is 1.72 bits per heavy atom. The molecule has 0 aliphatic rings. The molecule has 1 unspecified atom stereocenters. The van der Waals surface area contributed by atoms with Crippen molar-refractivity contribution in [3.05, 3.63) is 47.7 Å². The first kappa shape index (κ1) is 13.0. The van der Waals surface area contributed by atoms with Gasteiger partial charge >= 0.3 is 0 Å². The van der Waals surface area contributed by atoms with E-state index in [4.69, 9.17) is 4.42 Å². The van der Waals surface area contributed by atoms with E-state index in [2.05, 4.69) is 63.8 Å². The lowest BCUT2D eigenvalue weighted by Crippen LogP contribution is -2.37. The van der Waals surface area contributed by atoms with Crippen LogP contribution in [0.1, 0.15) is 44.8 Å². The Hall–Kier alpha value is -1.44. The van der Waals surface area contributed by atoms with Crippen molar-refractivity contribution in [2.75, 3.05) is 0 Å². The zero-order chi connectivity index (χ0) is 13.6. The van der Waals surface area contributed by atoms with Gasteiger partial charge in [-0.2, -0.15) is 0 Å². The number of aryl methyl sites for hydroxylation is 2. The van der Waals surface area contributed by atoms with Gasteiger partial charge in [0.25, 0.3) is 0 Å². The van der Waals surface area contributed by atoms with E-state index in [1.165, 1.54) is 5.56 Å². The molecule has 0 aliphatic heterocycles. The molecular weight excluding hydrogens is 222 g/mol. The van der Waals surface area contributed by atoms with Crippen molar-refractivity contribution in [3.8, 4) is 0 Å². The van der Waals surface area contributed by atoms with Crippen molar-refractivity contribution in [2.24, 2.45) is 12.5 Å². The number of hydrogen-bond acceptors (Lipinski definition) is 1. The van der Waals surface area contributed by atoms with E-state index < -0.39 is 0 Å². The van der Waals surface area contributed by atoms with Gasteiger partial charge in [0.05, 0.1) is 5.41 Å². The molecule has 2 nitrogen and oxygen atoms in total. The Bertz CT molecular complexity index is 499. The lowest BCUT2D eigenvalue weighted by molar-refractivity contribution is 0.210. The fraction of sp³-hybridized carbons (Fsp3) is 0.500. The zero-order valence-corrected chi connectivity index (χ0v) is 12.2. The van der Waals surface area contributed by atoms with Crippen LogP contribution in [0, 0.1) is 12.3 Å². The molecule has 0 aliphatic carbocycles. The molecule has 0 saturated carbocycles. The average molecular weight is 245 g/mol. The Morgan fingerprint density at radius 3 is 2.11 bits per heavy atom. The summed E-state index contributed by atoms with van der Waals surface area (Å²) in [7, 11) is 2.06. The first-order valence-electron chi connectivity index (χ1n) is 6.44. The summed E-state index contributed by atoms with van der Waals surface area (Å²) >= 11 is 0. The van der Waals surface area contributed by atoms with Gasteiger partial charge in [-0.15, -0.1) is 0 Å². The topological polar surface area (TPSA) is 18.1 Å². The van der Waals surface area contributed by atoms with Gasteiger partial charge in [-0.3, -0.25) is 0 Å². The monoisotopic (exact) mass is 245 g/mol. The van der Waals surface area contributed by atoms with Gasteiger partial charge in [0.15, 0.2) is 0 Å². The van der Waals surface area contributed by atoms with Gasteiger partial charge < -0.3 is 8.98 Å². The fourth-order valence-corrected chi connectivity index (χ4v) is 2.45. The fourth-order valence-electron chi connectivity index (χ4n) is 2.45. The predicted octanol–water partition coefficient (Wildman–Crippen LogP) is 4.28. The van der Waals surface area contributed by atoms with Crippen molar-refractivity contribution in [1.82, 2.24) is 4.57 Å². The highest BCUT2D eigenvalue weighted by atomic mass is 16.3. The van der Waals surface area contributed by atoms with Crippen LogP contribution in [0.15, 0.2) is 35.0 Å². The number of furan rings is 1. The summed E-state index contributed by atoms with van der Waals surface area (Å²) in [6.07, 6.45) is 4.28. The standard InChI is InChI=1S/C16H23NO/c1-12-7-8-14(18-12)16(5,15(2,3)4)13-9-10-17(6)11-13/h7-11H,1-6H3. The average Bonchev–Trinajstić information content (AvgIpc) is 2.84. The smallest absolute Gasteiger partial charge is 0.115 e. The Balaban J connectivity index is 2.62. The van der Waals surface area contributed by atoms with Crippen molar-refractivity contribution in [1.29, 1.82) is 0 Å². The minimum absolute atomic E-state index is 0.0820. The van der Waals surface area contributed by atoms with Gasteiger partial charge in [0, 0.05) is 19.4 Å². The molecule has 2 aromatic rings. The van der Waals surface area contributed by atoms with E-state index in [9.17, 15) is 0 Å². The second-order valence-corrected chi connectivity index (χ2v) is 6.35. The molecule has 98 valence electrons. The van der Waals surface area contributed by atoms with Gasteiger partial charge in [-0.05, 0) is 43.0 Å². The van der Waals surface area contributed by atoms with Crippen molar-refractivity contribution >= 4 is 0 Å². The molecule has 0 N–H and O–H groups in total. The molecule has 0 aromatic carbocycles. The third-order valence-electron chi connectivity index (χ3n) is 4.14. The number of hydrogen-bond donors (Lipinski definition) is 0. The molecule has 0 amide bonds. The molecule has 2 rings (SSSR count). The summed E-state index contributed by atoms with van der Waals surface area (Å²) in [4.78, 5) is 0. The second-order valence-electron chi connectivity index (χ2n) is 6.35. The van der Waals surface area contributed by atoms with Crippen LogP contribution < -0.4 is 0 Å². The predicted molar refractivity (Wildman–Crippen MR) is 74.8 cm³/mol. The Labute approximate surface area is 110 Å². The number of rotatable bonds is 2. The van der Waals surface area contributed by atoms with Crippen LogP contribution in [0.4, 0.5) is 0 Å².